The summed E-state index contributed by atoms with van der Waals surface area (Å²) in [6.07, 6.45) is 5.35. The number of rotatable bonds is 2. The highest BCUT2D eigenvalue weighted by molar-refractivity contribution is 8.14. The average molecular weight is 469 g/mol. The largest absolute Gasteiger partial charge is 0.490 e. The molecule has 8 heteroatoms. The van der Waals surface area contributed by atoms with Crippen molar-refractivity contribution >= 4 is 22.8 Å². The maximum Gasteiger partial charge on any atom is 0.225 e. The minimum absolute atomic E-state index is 0.0113. The normalized spacial score (nSPS) is 28.5. The summed E-state index contributed by atoms with van der Waals surface area (Å²) in [5.41, 5.74) is 7.77. The molecule has 1 aliphatic carbocycles. The molecule has 1 aromatic heterocycles. The van der Waals surface area contributed by atoms with Crippen LogP contribution in [0, 0.1) is 17.2 Å². The molecule has 6 nitrogen and oxygen atoms in total. The molecule has 5 rings (SSSR count). The number of ether oxygens (including phenoxy) is 1. The first-order valence-electron chi connectivity index (χ1n) is 11.4. The number of carbonyl (C=O) groups excluding carboxylic acids is 1. The number of carbonyl (C=O) groups is 1. The van der Waals surface area contributed by atoms with Gasteiger partial charge in [-0.15, -0.1) is 0 Å². The number of hydrogen-bond donors (Lipinski definition) is 2. The van der Waals surface area contributed by atoms with E-state index in [2.05, 4.69) is 10.3 Å². The van der Waals surface area contributed by atoms with Crippen LogP contribution in [0.3, 0.4) is 0 Å². The van der Waals surface area contributed by atoms with E-state index in [0.29, 0.717) is 10.7 Å². The van der Waals surface area contributed by atoms with E-state index >= 15 is 0 Å². The molecule has 0 bridgehead atoms. The van der Waals surface area contributed by atoms with Crippen molar-refractivity contribution in [2.45, 2.75) is 57.7 Å². The van der Waals surface area contributed by atoms with Gasteiger partial charge in [0.25, 0.3) is 0 Å². The second-order valence-corrected chi connectivity index (χ2v) is 11.3. The number of nitrogens with zero attached hydrogens (tertiary/aromatic N) is 2. The van der Waals surface area contributed by atoms with Gasteiger partial charge in [0, 0.05) is 40.5 Å². The number of aliphatic imine (C=N–C) groups is 1. The first-order valence-corrected chi connectivity index (χ1v) is 12.4. The molecule has 174 valence electrons. The van der Waals surface area contributed by atoms with Crippen LogP contribution < -0.4 is 15.8 Å². The summed E-state index contributed by atoms with van der Waals surface area (Å²) < 4.78 is 20.3. The van der Waals surface area contributed by atoms with Gasteiger partial charge in [-0.1, -0.05) is 38.6 Å². The van der Waals surface area contributed by atoms with Gasteiger partial charge in [0.15, 0.2) is 5.17 Å². The molecule has 0 saturated heterocycles. The third-order valence-corrected chi connectivity index (χ3v) is 7.90. The molecule has 1 spiro atoms. The van der Waals surface area contributed by atoms with Gasteiger partial charge in [-0.2, -0.15) is 0 Å². The molecule has 33 heavy (non-hydrogen) atoms. The predicted molar refractivity (Wildman–Crippen MR) is 129 cm³/mol. The molecular weight excluding hydrogens is 439 g/mol. The summed E-state index contributed by atoms with van der Waals surface area (Å²) in [4.78, 5) is 21.6. The van der Waals surface area contributed by atoms with Crippen molar-refractivity contribution in [3.63, 3.8) is 0 Å². The highest BCUT2D eigenvalue weighted by Crippen LogP contribution is 2.54. The topological polar surface area (TPSA) is 89.6 Å². The number of halogens is 1. The Kier molecular flexibility index (Phi) is 5.39. The fourth-order valence-electron chi connectivity index (χ4n) is 5.18. The first-order chi connectivity index (χ1) is 15.7. The molecule has 4 atom stereocenters. The van der Waals surface area contributed by atoms with E-state index in [1.807, 2.05) is 39.0 Å². The van der Waals surface area contributed by atoms with E-state index in [9.17, 15) is 9.18 Å². The Morgan fingerprint density at radius 2 is 2.06 bits per heavy atom. The zero-order valence-electron chi connectivity index (χ0n) is 19.1. The Bertz CT molecular complexity index is 1130. The molecule has 1 aromatic carbocycles. The zero-order valence-corrected chi connectivity index (χ0v) is 19.9. The van der Waals surface area contributed by atoms with Gasteiger partial charge in [0.05, 0.1) is 6.20 Å². The van der Waals surface area contributed by atoms with E-state index < -0.39 is 11.0 Å². The summed E-state index contributed by atoms with van der Waals surface area (Å²) >= 11 is 1.56. The van der Waals surface area contributed by atoms with Gasteiger partial charge in [-0.05, 0) is 43.0 Å². The van der Waals surface area contributed by atoms with Gasteiger partial charge >= 0.3 is 0 Å². The summed E-state index contributed by atoms with van der Waals surface area (Å²) in [5, 5.41) is 3.82. The number of nitrogens with two attached hydrogens (primary N) is 1. The monoisotopic (exact) mass is 468 g/mol. The number of pyridine rings is 1. The predicted octanol–water partition coefficient (Wildman–Crippen LogP) is 4.24. The summed E-state index contributed by atoms with van der Waals surface area (Å²) in [6, 6.07) is 7.48. The van der Waals surface area contributed by atoms with Crippen molar-refractivity contribution in [1.82, 2.24) is 10.3 Å². The second kappa shape index (κ2) is 8.01. The van der Waals surface area contributed by atoms with E-state index in [1.54, 1.807) is 18.0 Å². The Morgan fingerprint density at radius 1 is 1.24 bits per heavy atom. The van der Waals surface area contributed by atoms with Crippen molar-refractivity contribution < 1.29 is 13.9 Å². The minimum Gasteiger partial charge on any atom is -0.490 e. The van der Waals surface area contributed by atoms with Crippen LogP contribution in [0.4, 0.5) is 4.39 Å². The molecule has 3 N–H and O–H groups in total. The van der Waals surface area contributed by atoms with Crippen LogP contribution in [-0.2, 0) is 10.3 Å². The maximum absolute atomic E-state index is 13.8. The van der Waals surface area contributed by atoms with Crippen LogP contribution >= 0.6 is 11.8 Å². The van der Waals surface area contributed by atoms with Crippen LogP contribution in [0.2, 0.25) is 0 Å². The van der Waals surface area contributed by atoms with Crippen LogP contribution in [-0.4, -0.2) is 34.0 Å². The number of hydrogen-bond acceptors (Lipinski definition) is 6. The SMILES string of the molecule is CC(C)(C)C(=O)NC1CC[C@@H]2Oc3ccc(-c4cncc(F)c4)cc3C3(CSC(N)=N3)C2C1. The smallest absolute Gasteiger partial charge is 0.225 e. The van der Waals surface area contributed by atoms with Crippen molar-refractivity contribution in [2.24, 2.45) is 22.1 Å². The number of fused-ring (bicyclic) bond motifs is 4. The van der Waals surface area contributed by atoms with Gasteiger partial charge < -0.3 is 15.8 Å². The van der Waals surface area contributed by atoms with Crippen molar-refractivity contribution in [2.75, 3.05) is 5.75 Å². The third-order valence-electron chi connectivity index (χ3n) is 6.93. The molecular formula is C25H29FN4O2S. The van der Waals surface area contributed by atoms with Crippen LogP contribution in [0.15, 0.2) is 41.7 Å². The van der Waals surface area contributed by atoms with Gasteiger partial charge in [0.1, 0.15) is 23.2 Å². The number of amidine groups is 1. The first kappa shape index (κ1) is 22.2. The van der Waals surface area contributed by atoms with Crippen LogP contribution in [0.25, 0.3) is 11.1 Å². The molecule has 1 saturated carbocycles. The summed E-state index contributed by atoms with van der Waals surface area (Å²) in [5.74, 6) is 1.29. The average Bonchev–Trinajstić information content (AvgIpc) is 3.16. The fourth-order valence-corrected chi connectivity index (χ4v) is 6.21. The van der Waals surface area contributed by atoms with E-state index in [-0.39, 0.29) is 29.8 Å². The van der Waals surface area contributed by atoms with Gasteiger partial charge in [-0.25, -0.2) is 9.38 Å². The molecule has 2 aliphatic heterocycles. The number of amides is 1. The Labute approximate surface area is 197 Å². The molecule has 2 aromatic rings. The highest BCUT2D eigenvalue weighted by Gasteiger charge is 2.54. The van der Waals surface area contributed by atoms with Crippen molar-refractivity contribution in [3.8, 4) is 16.9 Å². The van der Waals surface area contributed by atoms with Crippen LogP contribution in [0.5, 0.6) is 5.75 Å². The molecule has 3 heterocycles. The molecule has 0 radical (unpaired) electrons. The Morgan fingerprint density at radius 3 is 2.76 bits per heavy atom. The van der Waals surface area contributed by atoms with E-state index in [0.717, 1.165) is 41.9 Å². The number of nitrogens with one attached hydrogen (secondary N) is 1. The highest BCUT2D eigenvalue weighted by atomic mass is 32.2. The standard InChI is InChI=1S/C25H29FN4O2S/c1-24(2,3)22(31)29-17-5-7-21-19(10-17)25(13-33-23(27)30-25)18-9-14(4-6-20(18)32-21)15-8-16(26)12-28-11-15/h4,6,8-9,11-12,17,19,21H,5,7,10,13H2,1-3H3,(H2,27,30)(H,29,31)/t17?,19?,21-,25?/m0/s1. The Hall–Kier alpha value is -2.61. The van der Waals surface area contributed by atoms with Gasteiger partial charge in [0.2, 0.25) is 5.91 Å². The number of benzene rings is 1. The van der Waals surface area contributed by atoms with Crippen LogP contribution in [0.1, 0.15) is 45.6 Å². The lowest BCUT2D eigenvalue weighted by molar-refractivity contribution is -0.130. The minimum atomic E-state index is -0.533. The van der Waals surface area contributed by atoms with Crippen molar-refractivity contribution in [1.29, 1.82) is 0 Å². The lowest BCUT2D eigenvalue weighted by Crippen LogP contribution is -2.55. The lowest BCUT2D eigenvalue weighted by atomic mass is 9.67. The summed E-state index contributed by atoms with van der Waals surface area (Å²) in [7, 11) is 0. The van der Waals surface area contributed by atoms with Gasteiger partial charge in [-0.3, -0.25) is 9.78 Å². The summed E-state index contributed by atoms with van der Waals surface area (Å²) in [6.45, 7) is 5.78. The third kappa shape index (κ3) is 3.98. The van der Waals surface area contributed by atoms with E-state index in [1.165, 1.54) is 12.3 Å². The molecule has 1 fully saturated rings. The molecule has 3 aliphatic rings. The second-order valence-electron chi connectivity index (χ2n) is 10.3. The van der Waals surface area contributed by atoms with E-state index in [4.69, 9.17) is 15.5 Å². The number of thioether (sulfide) groups is 1. The zero-order chi connectivity index (χ0) is 23.4. The number of aromatic nitrogens is 1. The molecule has 3 unspecified atom stereocenters. The fraction of sp³-hybridized carbons (Fsp3) is 0.480. The quantitative estimate of drug-likeness (QED) is 0.688. The maximum atomic E-state index is 13.8. The Balaban J connectivity index is 1.53. The molecule has 1 amide bonds. The lowest BCUT2D eigenvalue weighted by Gasteiger charge is -2.49. The van der Waals surface area contributed by atoms with Crippen molar-refractivity contribution in [3.05, 3.63) is 48.0 Å².